The Kier molecular flexibility index (Phi) is 5.73. The summed E-state index contributed by atoms with van der Waals surface area (Å²) in [5, 5.41) is 10.8. The fourth-order valence-corrected chi connectivity index (χ4v) is 2.64. The van der Waals surface area contributed by atoms with Crippen molar-refractivity contribution < 1.29 is 23.7 Å². The Morgan fingerprint density at radius 2 is 1.66 bits per heavy atom. The predicted molar refractivity (Wildman–Crippen MR) is 104 cm³/mol. The first-order chi connectivity index (χ1) is 13.9. The van der Waals surface area contributed by atoms with E-state index in [2.05, 4.69) is 0 Å². The summed E-state index contributed by atoms with van der Waals surface area (Å²) in [5.74, 6) is -0.901. The second-order valence-electron chi connectivity index (χ2n) is 6.40. The van der Waals surface area contributed by atoms with E-state index in [0.717, 1.165) is 0 Å². The van der Waals surface area contributed by atoms with Crippen molar-refractivity contribution in [2.75, 3.05) is 14.1 Å². The van der Waals surface area contributed by atoms with Crippen molar-refractivity contribution >= 4 is 17.6 Å². The number of hydrogen-bond acceptors (Lipinski definition) is 6. The molecular weight excluding hydrogens is 376 g/mol. The minimum Gasteiger partial charge on any atom is -0.449 e. The molecule has 0 bridgehead atoms. The second kappa shape index (κ2) is 8.39. The Morgan fingerprint density at radius 3 is 2.24 bits per heavy atom. The SMILES string of the molecule is CN(C)C(=O)[C@H](OC(=O)c1ccc(-c2ccc([N+](=O)[O-])cc2)o1)c1ccccc1. The summed E-state index contributed by atoms with van der Waals surface area (Å²) in [6, 6.07) is 17.4. The Bertz CT molecular complexity index is 1020. The normalized spacial score (nSPS) is 11.5. The van der Waals surface area contributed by atoms with Crippen molar-refractivity contribution in [3.05, 3.63) is 88.2 Å². The fourth-order valence-electron chi connectivity index (χ4n) is 2.64. The van der Waals surface area contributed by atoms with Gasteiger partial charge in [-0.2, -0.15) is 0 Å². The Balaban J connectivity index is 1.81. The number of amides is 1. The summed E-state index contributed by atoms with van der Waals surface area (Å²) in [7, 11) is 3.15. The number of benzene rings is 2. The van der Waals surface area contributed by atoms with Crippen molar-refractivity contribution in [3.63, 3.8) is 0 Å². The van der Waals surface area contributed by atoms with E-state index in [4.69, 9.17) is 9.15 Å². The van der Waals surface area contributed by atoms with Crippen molar-refractivity contribution in [2.24, 2.45) is 0 Å². The number of hydrogen-bond donors (Lipinski definition) is 0. The summed E-state index contributed by atoms with van der Waals surface area (Å²) in [4.78, 5) is 36.7. The molecular formula is C21H18N2O6. The number of nitro groups is 1. The molecule has 29 heavy (non-hydrogen) atoms. The topological polar surface area (TPSA) is 103 Å². The van der Waals surface area contributed by atoms with E-state index in [0.29, 0.717) is 16.9 Å². The van der Waals surface area contributed by atoms with Crippen molar-refractivity contribution in [2.45, 2.75) is 6.10 Å². The molecule has 0 saturated carbocycles. The summed E-state index contributed by atoms with van der Waals surface area (Å²) in [5.41, 5.74) is 1.06. The van der Waals surface area contributed by atoms with Gasteiger partial charge in [0, 0.05) is 37.4 Å². The zero-order chi connectivity index (χ0) is 21.0. The maximum absolute atomic E-state index is 12.6. The van der Waals surface area contributed by atoms with Crippen LogP contribution in [0.1, 0.15) is 22.2 Å². The molecule has 2 aromatic carbocycles. The Hall–Kier alpha value is -3.94. The van der Waals surface area contributed by atoms with Gasteiger partial charge in [-0.3, -0.25) is 14.9 Å². The van der Waals surface area contributed by atoms with E-state index >= 15 is 0 Å². The van der Waals surface area contributed by atoms with Gasteiger partial charge < -0.3 is 14.1 Å². The molecule has 8 nitrogen and oxygen atoms in total. The van der Waals surface area contributed by atoms with Crippen molar-refractivity contribution in [3.8, 4) is 11.3 Å². The zero-order valence-corrected chi connectivity index (χ0v) is 15.8. The van der Waals surface area contributed by atoms with E-state index in [1.807, 2.05) is 0 Å². The predicted octanol–water partition coefficient (Wildman–Crippen LogP) is 3.84. The maximum Gasteiger partial charge on any atom is 0.375 e. The molecule has 0 aliphatic carbocycles. The number of furan rings is 1. The van der Waals surface area contributed by atoms with Crippen LogP contribution in [0.2, 0.25) is 0 Å². The number of nitro benzene ring substituents is 1. The summed E-state index contributed by atoms with van der Waals surface area (Å²) in [6.07, 6.45) is -1.10. The molecule has 0 spiro atoms. The van der Waals surface area contributed by atoms with Gasteiger partial charge in [0.05, 0.1) is 4.92 Å². The highest BCUT2D eigenvalue weighted by molar-refractivity contribution is 5.91. The molecule has 0 aliphatic rings. The van der Waals surface area contributed by atoms with E-state index < -0.39 is 17.0 Å². The largest absolute Gasteiger partial charge is 0.449 e. The fraction of sp³-hybridized carbons (Fsp3) is 0.143. The molecule has 1 atom stereocenters. The lowest BCUT2D eigenvalue weighted by Gasteiger charge is -2.20. The summed E-state index contributed by atoms with van der Waals surface area (Å²) < 4.78 is 11.0. The van der Waals surface area contributed by atoms with Gasteiger partial charge in [-0.1, -0.05) is 30.3 Å². The number of esters is 1. The van der Waals surface area contributed by atoms with Gasteiger partial charge in [0.15, 0.2) is 0 Å². The maximum atomic E-state index is 12.6. The summed E-state index contributed by atoms with van der Waals surface area (Å²) in [6.45, 7) is 0. The lowest BCUT2D eigenvalue weighted by atomic mass is 10.1. The third-order valence-corrected chi connectivity index (χ3v) is 4.16. The van der Waals surface area contributed by atoms with Crippen LogP contribution in [0, 0.1) is 10.1 Å². The van der Waals surface area contributed by atoms with Crippen LogP contribution in [0.5, 0.6) is 0 Å². The molecule has 3 rings (SSSR count). The van der Waals surface area contributed by atoms with Gasteiger partial charge in [0.25, 0.3) is 11.6 Å². The first-order valence-corrected chi connectivity index (χ1v) is 8.68. The minimum atomic E-state index is -1.10. The Labute approximate surface area is 166 Å². The van der Waals surface area contributed by atoms with Gasteiger partial charge >= 0.3 is 5.97 Å². The zero-order valence-electron chi connectivity index (χ0n) is 15.8. The van der Waals surface area contributed by atoms with Gasteiger partial charge in [0.1, 0.15) is 5.76 Å². The van der Waals surface area contributed by atoms with Crippen LogP contribution in [-0.2, 0) is 9.53 Å². The molecule has 0 saturated heterocycles. The molecule has 0 radical (unpaired) electrons. The van der Waals surface area contributed by atoms with Crippen LogP contribution in [0.25, 0.3) is 11.3 Å². The molecule has 8 heteroatoms. The van der Waals surface area contributed by atoms with Crippen LogP contribution in [0.15, 0.2) is 71.1 Å². The number of carbonyl (C=O) groups is 2. The van der Waals surface area contributed by atoms with E-state index in [1.165, 1.54) is 35.2 Å². The quantitative estimate of drug-likeness (QED) is 0.357. The number of carbonyl (C=O) groups excluding carboxylic acids is 2. The molecule has 0 N–H and O–H groups in total. The second-order valence-corrected chi connectivity index (χ2v) is 6.40. The van der Waals surface area contributed by atoms with Crippen LogP contribution < -0.4 is 0 Å². The van der Waals surface area contributed by atoms with Gasteiger partial charge in [-0.15, -0.1) is 0 Å². The molecule has 1 amide bonds. The highest BCUT2D eigenvalue weighted by Crippen LogP contribution is 2.26. The van der Waals surface area contributed by atoms with E-state index in [1.54, 1.807) is 50.5 Å². The molecule has 1 aromatic heterocycles. The van der Waals surface area contributed by atoms with Gasteiger partial charge in [0.2, 0.25) is 11.9 Å². The van der Waals surface area contributed by atoms with E-state index in [9.17, 15) is 19.7 Å². The van der Waals surface area contributed by atoms with Crippen LogP contribution >= 0.6 is 0 Å². The number of rotatable bonds is 6. The number of ether oxygens (including phenoxy) is 1. The van der Waals surface area contributed by atoms with Crippen LogP contribution in [0.4, 0.5) is 5.69 Å². The lowest BCUT2D eigenvalue weighted by molar-refractivity contribution is -0.384. The van der Waals surface area contributed by atoms with Gasteiger partial charge in [-0.25, -0.2) is 4.79 Å². The molecule has 3 aromatic rings. The standard InChI is InChI=1S/C21H18N2O6/c1-22(2)20(24)19(15-6-4-3-5-7-15)29-21(25)18-13-12-17(28-18)14-8-10-16(11-9-14)23(26)27/h3-13,19H,1-2H3/t19-/m1/s1. The first-order valence-electron chi connectivity index (χ1n) is 8.68. The number of likely N-dealkylation sites (N-methyl/N-ethyl adjacent to an activating group) is 1. The molecule has 148 valence electrons. The molecule has 0 fully saturated rings. The third kappa shape index (κ3) is 4.49. The summed E-state index contributed by atoms with van der Waals surface area (Å²) >= 11 is 0. The lowest BCUT2D eigenvalue weighted by Crippen LogP contribution is -2.31. The van der Waals surface area contributed by atoms with Crippen molar-refractivity contribution in [1.82, 2.24) is 4.90 Å². The van der Waals surface area contributed by atoms with Gasteiger partial charge in [-0.05, 0) is 24.3 Å². The first kappa shape index (κ1) is 19.8. The average Bonchev–Trinajstić information content (AvgIpc) is 3.22. The Morgan fingerprint density at radius 1 is 1.00 bits per heavy atom. The van der Waals surface area contributed by atoms with E-state index in [-0.39, 0.29) is 17.4 Å². The molecule has 1 heterocycles. The third-order valence-electron chi connectivity index (χ3n) is 4.16. The number of non-ortho nitro benzene ring substituents is 1. The highest BCUT2D eigenvalue weighted by atomic mass is 16.6. The smallest absolute Gasteiger partial charge is 0.375 e. The van der Waals surface area contributed by atoms with Crippen LogP contribution in [-0.4, -0.2) is 35.8 Å². The van der Waals surface area contributed by atoms with Crippen LogP contribution in [0.3, 0.4) is 0 Å². The highest BCUT2D eigenvalue weighted by Gasteiger charge is 2.28. The molecule has 0 aliphatic heterocycles. The minimum absolute atomic E-state index is 0.0483. The molecule has 0 unspecified atom stereocenters. The van der Waals surface area contributed by atoms with Crippen molar-refractivity contribution in [1.29, 1.82) is 0 Å². The number of nitrogens with zero attached hydrogens (tertiary/aromatic N) is 2. The average molecular weight is 394 g/mol. The monoisotopic (exact) mass is 394 g/mol.